The Labute approximate surface area is 70.6 Å². The minimum Gasteiger partial charge on any atom is -0.398 e. The van der Waals surface area contributed by atoms with Crippen LogP contribution in [-0.2, 0) is 0 Å². The van der Waals surface area contributed by atoms with Gasteiger partial charge in [-0.25, -0.2) is 0 Å². The zero-order chi connectivity index (χ0) is 9.14. The molecule has 1 rings (SSSR count). The first-order valence-electron chi connectivity index (χ1n) is 3.57. The molecule has 0 fully saturated rings. The number of nitrogens with two attached hydrogens (primary N) is 1. The van der Waals surface area contributed by atoms with Crippen LogP contribution in [0.4, 0.5) is 11.4 Å². The van der Waals surface area contributed by atoms with Crippen LogP contribution in [-0.4, -0.2) is 0 Å². The van der Waals surface area contributed by atoms with Gasteiger partial charge in [0.05, 0.1) is 5.69 Å². The van der Waals surface area contributed by atoms with E-state index in [1.54, 1.807) is 6.07 Å². The maximum atomic E-state index is 8.24. The molecule has 0 aliphatic heterocycles. The topological polar surface area (TPSA) is 74.8 Å². The maximum absolute atomic E-state index is 8.24. The van der Waals surface area contributed by atoms with Crippen LogP contribution >= 0.6 is 0 Å². The second kappa shape index (κ2) is 3.15. The molecule has 12 heavy (non-hydrogen) atoms. The molecule has 0 radical (unpaired) electrons. The number of rotatable bonds is 1. The summed E-state index contributed by atoms with van der Waals surface area (Å²) < 4.78 is 0. The first kappa shape index (κ1) is 8.43. The molecular weight excluding hydrogens is 152 g/mol. The van der Waals surface area contributed by atoms with Crippen molar-refractivity contribution in [3.05, 3.63) is 33.7 Å². The predicted molar refractivity (Wildman–Crippen MR) is 49.1 cm³/mol. The van der Waals surface area contributed by atoms with Gasteiger partial charge in [-0.15, -0.1) is 0 Å². The van der Waals surface area contributed by atoms with Gasteiger partial charge in [-0.05, 0) is 36.6 Å². The zero-order valence-corrected chi connectivity index (χ0v) is 7.07. The van der Waals surface area contributed by atoms with Crippen molar-refractivity contribution in [1.29, 1.82) is 0 Å². The minimum absolute atomic E-state index is 0.531. The van der Waals surface area contributed by atoms with Crippen LogP contribution in [0.2, 0.25) is 0 Å². The van der Waals surface area contributed by atoms with E-state index in [1.165, 1.54) is 0 Å². The Morgan fingerprint density at radius 1 is 1.42 bits per heavy atom. The van der Waals surface area contributed by atoms with Gasteiger partial charge in [-0.1, -0.05) is 11.2 Å². The monoisotopic (exact) mass is 162 g/mol. The molecule has 0 aliphatic carbocycles. The molecule has 1 aromatic rings. The van der Waals surface area contributed by atoms with Gasteiger partial charge >= 0.3 is 0 Å². The molecule has 1 aromatic carbocycles. The average Bonchev–Trinajstić information content (AvgIpc) is 1.96. The molecule has 62 valence electrons. The summed E-state index contributed by atoms with van der Waals surface area (Å²) in [6.45, 7) is 3.82. The van der Waals surface area contributed by atoms with Crippen molar-refractivity contribution in [1.82, 2.24) is 0 Å². The Balaban J connectivity index is 3.37. The van der Waals surface area contributed by atoms with Crippen LogP contribution in [0.15, 0.2) is 17.2 Å². The van der Waals surface area contributed by atoms with E-state index in [4.69, 9.17) is 11.3 Å². The van der Waals surface area contributed by atoms with Crippen molar-refractivity contribution >= 4 is 11.4 Å². The van der Waals surface area contributed by atoms with Gasteiger partial charge in [0.15, 0.2) is 0 Å². The number of hydrogen-bond acceptors (Lipinski definition) is 2. The summed E-state index contributed by atoms with van der Waals surface area (Å²) in [5, 5.41) is 3.50. The van der Waals surface area contributed by atoms with Crippen LogP contribution in [0, 0.1) is 13.8 Å². The summed E-state index contributed by atoms with van der Waals surface area (Å²) in [4.78, 5) is 2.70. The molecule has 0 amide bonds. The molecule has 0 aliphatic rings. The number of nitrogens with zero attached hydrogens (tertiary/aromatic N) is 3. The van der Waals surface area contributed by atoms with Crippen molar-refractivity contribution in [3.8, 4) is 0 Å². The van der Waals surface area contributed by atoms with E-state index in [0.29, 0.717) is 11.4 Å². The van der Waals surface area contributed by atoms with E-state index in [0.717, 1.165) is 11.1 Å². The normalized spacial score (nSPS) is 9.17. The van der Waals surface area contributed by atoms with Gasteiger partial charge in [0.2, 0.25) is 0 Å². The number of anilines is 1. The van der Waals surface area contributed by atoms with Crippen LogP contribution in [0.3, 0.4) is 0 Å². The quantitative estimate of drug-likeness (QED) is 0.293. The maximum Gasteiger partial charge on any atom is 0.0634 e. The molecule has 4 nitrogen and oxygen atoms in total. The zero-order valence-electron chi connectivity index (χ0n) is 7.07. The lowest BCUT2D eigenvalue weighted by molar-refractivity contribution is 1.34. The molecule has 0 atom stereocenters. The summed E-state index contributed by atoms with van der Waals surface area (Å²) in [7, 11) is 0. The van der Waals surface area contributed by atoms with Crippen LogP contribution < -0.4 is 5.73 Å². The molecule has 0 saturated heterocycles. The van der Waals surface area contributed by atoms with E-state index in [1.807, 2.05) is 19.9 Å². The number of benzene rings is 1. The molecule has 2 N–H and O–H groups in total. The van der Waals surface area contributed by atoms with Crippen molar-refractivity contribution < 1.29 is 0 Å². The lowest BCUT2D eigenvalue weighted by Crippen LogP contribution is -1.88. The summed E-state index contributed by atoms with van der Waals surface area (Å²) >= 11 is 0. The summed E-state index contributed by atoms with van der Waals surface area (Å²) in [5.74, 6) is 0. The Kier molecular flexibility index (Phi) is 2.21. The Hall–Kier alpha value is -1.67. The number of azide groups is 1. The Bertz CT molecular complexity index is 327. The molecule has 0 saturated carbocycles. The smallest absolute Gasteiger partial charge is 0.0634 e. The molecule has 4 heteroatoms. The Morgan fingerprint density at radius 2 is 2.08 bits per heavy atom. The summed E-state index contributed by atoms with van der Waals surface area (Å²) in [5.41, 5.74) is 16.9. The van der Waals surface area contributed by atoms with Gasteiger partial charge in [0, 0.05) is 10.6 Å². The highest BCUT2D eigenvalue weighted by Crippen LogP contribution is 2.27. The standard InChI is InChI=1S/C8H10N4/c1-5-3-6(2)8(11-12-10)7(9)4-5/h3-4H,9H2,1-2H3. The summed E-state index contributed by atoms with van der Waals surface area (Å²) in [6.07, 6.45) is 0. The molecular formula is C8H10N4. The first-order valence-corrected chi connectivity index (χ1v) is 3.57. The van der Waals surface area contributed by atoms with Crippen LogP contribution in [0.25, 0.3) is 10.4 Å². The number of hydrogen-bond donors (Lipinski definition) is 1. The highest BCUT2D eigenvalue weighted by Gasteiger charge is 2.00. The third kappa shape index (κ3) is 1.49. The predicted octanol–water partition coefficient (Wildman–Crippen LogP) is 2.83. The molecule has 0 bridgehead atoms. The summed E-state index contributed by atoms with van der Waals surface area (Å²) in [6, 6.07) is 3.72. The van der Waals surface area contributed by atoms with E-state index in [-0.39, 0.29) is 0 Å². The van der Waals surface area contributed by atoms with Crippen molar-refractivity contribution in [2.24, 2.45) is 5.11 Å². The number of nitrogen functional groups attached to an aromatic ring is 1. The van der Waals surface area contributed by atoms with Gasteiger partial charge in [0.25, 0.3) is 0 Å². The second-order valence-electron chi connectivity index (χ2n) is 2.71. The minimum atomic E-state index is 0.531. The highest BCUT2D eigenvalue weighted by atomic mass is 15.1. The average molecular weight is 162 g/mol. The van der Waals surface area contributed by atoms with E-state index in [2.05, 4.69) is 10.0 Å². The van der Waals surface area contributed by atoms with Gasteiger partial charge in [-0.2, -0.15) is 0 Å². The van der Waals surface area contributed by atoms with Gasteiger partial charge < -0.3 is 5.73 Å². The van der Waals surface area contributed by atoms with Crippen molar-refractivity contribution in [2.45, 2.75) is 13.8 Å². The molecule has 0 heterocycles. The third-order valence-electron chi connectivity index (χ3n) is 1.62. The lowest BCUT2D eigenvalue weighted by atomic mass is 10.1. The molecule has 0 spiro atoms. The fourth-order valence-electron chi connectivity index (χ4n) is 1.17. The largest absolute Gasteiger partial charge is 0.398 e. The van der Waals surface area contributed by atoms with Gasteiger partial charge in [-0.3, -0.25) is 0 Å². The van der Waals surface area contributed by atoms with Crippen LogP contribution in [0.5, 0.6) is 0 Å². The SMILES string of the molecule is Cc1cc(C)c(N=[N+]=[N-])c(N)c1. The van der Waals surface area contributed by atoms with Crippen LogP contribution in [0.1, 0.15) is 11.1 Å². The lowest BCUT2D eigenvalue weighted by Gasteiger charge is -2.04. The molecule has 0 unspecified atom stereocenters. The number of aryl methyl sites for hydroxylation is 2. The Morgan fingerprint density at radius 3 is 2.58 bits per heavy atom. The van der Waals surface area contributed by atoms with E-state index in [9.17, 15) is 0 Å². The fraction of sp³-hybridized carbons (Fsp3) is 0.250. The second-order valence-corrected chi connectivity index (χ2v) is 2.71. The first-order chi connectivity index (χ1) is 5.65. The van der Waals surface area contributed by atoms with Crippen molar-refractivity contribution in [3.63, 3.8) is 0 Å². The van der Waals surface area contributed by atoms with E-state index >= 15 is 0 Å². The van der Waals surface area contributed by atoms with Gasteiger partial charge in [0.1, 0.15) is 0 Å². The van der Waals surface area contributed by atoms with E-state index < -0.39 is 0 Å². The van der Waals surface area contributed by atoms with Crippen molar-refractivity contribution in [2.75, 3.05) is 5.73 Å². The third-order valence-corrected chi connectivity index (χ3v) is 1.62. The highest BCUT2D eigenvalue weighted by molar-refractivity contribution is 5.67. The fourth-order valence-corrected chi connectivity index (χ4v) is 1.17. The molecule has 0 aromatic heterocycles.